The van der Waals surface area contributed by atoms with Crippen molar-refractivity contribution in [1.82, 2.24) is 15.0 Å². The lowest BCUT2D eigenvalue weighted by Crippen LogP contribution is -2.43. The van der Waals surface area contributed by atoms with Gasteiger partial charge in [0, 0.05) is 54.1 Å². The highest BCUT2D eigenvalue weighted by Gasteiger charge is 2.64. The summed E-state index contributed by atoms with van der Waals surface area (Å²) in [6, 6.07) is 15.4. The maximum absolute atomic E-state index is 13.7. The van der Waals surface area contributed by atoms with Crippen LogP contribution >= 0.6 is 0 Å². The monoisotopic (exact) mass is 575 g/mol. The SMILES string of the molecule is C[C@@H]1[C@@H]([Si](C)(C)O)[C@H](CCn2cc(C(CO)c3ccccc3)nn2)O[C@@]12C(=O)Nc1ccc(N3CCCC3=O)cc12. The normalized spacial score (nSPS) is 26.6. The molecule has 11 heteroatoms. The Morgan fingerprint density at radius 2 is 1.98 bits per heavy atom. The average molecular weight is 576 g/mol. The number of fused-ring (bicyclic) bond motifs is 2. The number of aryl methyl sites for hydroxylation is 1. The van der Waals surface area contributed by atoms with Gasteiger partial charge >= 0.3 is 0 Å². The van der Waals surface area contributed by atoms with Crippen LogP contribution in [-0.4, -0.2) is 64.3 Å². The molecule has 4 heterocycles. The van der Waals surface area contributed by atoms with Crippen molar-refractivity contribution in [2.75, 3.05) is 23.4 Å². The molecule has 1 aromatic heterocycles. The van der Waals surface area contributed by atoms with Crippen molar-refractivity contribution in [1.29, 1.82) is 0 Å². The van der Waals surface area contributed by atoms with Crippen LogP contribution in [0.1, 0.15) is 48.9 Å². The Morgan fingerprint density at radius 3 is 2.66 bits per heavy atom. The van der Waals surface area contributed by atoms with Crippen molar-refractivity contribution >= 4 is 31.5 Å². The van der Waals surface area contributed by atoms with Gasteiger partial charge in [-0.05, 0) is 49.7 Å². The molecule has 1 unspecified atom stereocenters. The summed E-state index contributed by atoms with van der Waals surface area (Å²) in [5, 5.41) is 21.7. The van der Waals surface area contributed by atoms with Gasteiger partial charge < -0.3 is 24.9 Å². The zero-order chi connectivity index (χ0) is 28.9. The number of rotatable bonds is 8. The Balaban J connectivity index is 1.27. The molecule has 2 saturated heterocycles. The number of nitrogens with one attached hydrogen (secondary N) is 1. The molecule has 2 amide bonds. The zero-order valence-corrected chi connectivity index (χ0v) is 24.7. The van der Waals surface area contributed by atoms with Gasteiger partial charge in [-0.15, -0.1) is 5.10 Å². The fourth-order valence-electron chi connectivity index (χ4n) is 7.14. The highest BCUT2D eigenvalue weighted by Crippen LogP contribution is 2.58. The van der Waals surface area contributed by atoms with E-state index in [-0.39, 0.29) is 41.9 Å². The smallest absolute Gasteiger partial charge is 0.261 e. The predicted molar refractivity (Wildman–Crippen MR) is 156 cm³/mol. The van der Waals surface area contributed by atoms with Crippen molar-refractivity contribution in [2.45, 2.75) is 69.0 Å². The number of ether oxygens (including phenoxy) is 1. The van der Waals surface area contributed by atoms with Crippen LogP contribution < -0.4 is 10.2 Å². The number of aliphatic hydroxyl groups is 1. The summed E-state index contributed by atoms with van der Waals surface area (Å²) < 4.78 is 8.51. The Morgan fingerprint density at radius 1 is 1.20 bits per heavy atom. The number of carbonyl (C=O) groups is 2. The maximum atomic E-state index is 13.7. The second-order valence-corrected chi connectivity index (χ2v) is 16.0. The third-order valence-corrected chi connectivity index (χ3v) is 11.6. The molecule has 3 aliphatic heterocycles. The molecule has 216 valence electrons. The first kappa shape index (κ1) is 27.8. The third-order valence-electron chi connectivity index (χ3n) is 9.05. The van der Waals surface area contributed by atoms with E-state index in [4.69, 9.17) is 4.74 Å². The molecule has 2 aromatic carbocycles. The van der Waals surface area contributed by atoms with Gasteiger partial charge in [-0.2, -0.15) is 0 Å². The summed E-state index contributed by atoms with van der Waals surface area (Å²) in [7, 11) is -2.79. The number of anilines is 2. The molecule has 0 saturated carbocycles. The number of aliphatic hydroxyl groups excluding tert-OH is 1. The van der Waals surface area contributed by atoms with E-state index in [0.717, 1.165) is 23.2 Å². The minimum absolute atomic E-state index is 0.0826. The van der Waals surface area contributed by atoms with Crippen LogP contribution in [0.15, 0.2) is 54.7 Å². The molecule has 3 aromatic rings. The van der Waals surface area contributed by atoms with Crippen molar-refractivity contribution in [3.8, 4) is 0 Å². The van der Waals surface area contributed by atoms with Gasteiger partial charge in [0.15, 0.2) is 13.9 Å². The van der Waals surface area contributed by atoms with Crippen molar-refractivity contribution in [2.24, 2.45) is 5.92 Å². The molecule has 5 atom stereocenters. The average Bonchev–Trinajstić information content (AvgIpc) is 3.71. The van der Waals surface area contributed by atoms with E-state index in [0.29, 0.717) is 37.3 Å². The molecule has 6 rings (SSSR count). The quantitative estimate of drug-likeness (QED) is 0.351. The molecule has 0 radical (unpaired) electrons. The highest BCUT2D eigenvalue weighted by atomic mass is 28.4. The van der Waals surface area contributed by atoms with Crippen molar-refractivity contribution in [3.05, 3.63) is 71.5 Å². The van der Waals surface area contributed by atoms with Crippen LogP contribution in [-0.2, 0) is 26.5 Å². The summed E-state index contributed by atoms with van der Waals surface area (Å²) in [5.74, 6) is -0.706. The van der Waals surface area contributed by atoms with Crippen LogP contribution in [0.3, 0.4) is 0 Å². The number of amides is 2. The second-order valence-electron chi connectivity index (χ2n) is 12.0. The van der Waals surface area contributed by atoms with Gasteiger partial charge in [0.1, 0.15) is 0 Å². The van der Waals surface area contributed by atoms with Gasteiger partial charge in [-0.25, -0.2) is 0 Å². The van der Waals surface area contributed by atoms with E-state index in [1.165, 1.54) is 0 Å². The lowest BCUT2D eigenvalue weighted by Gasteiger charge is -2.32. The van der Waals surface area contributed by atoms with E-state index in [1.807, 2.05) is 74.7 Å². The number of benzene rings is 2. The number of hydrogen-bond acceptors (Lipinski definition) is 7. The van der Waals surface area contributed by atoms with Crippen LogP contribution in [0.2, 0.25) is 18.6 Å². The van der Waals surface area contributed by atoms with Gasteiger partial charge in [0.05, 0.1) is 24.3 Å². The Labute approximate surface area is 240 Å². The highest BCUT2D eigenvalue weighted by molar-refractivity contribution is 6.71. The van der Waals surface area contributed by atoms with E-state index >= 15 is 0 Å². The summed E-state index contributed by atoms with van der Waals surface area (Å²) >= 11 is 0. The molecule has 41 heavy (non-hydrogen) atoms. The van der Waals surface area contributed by atoms with E-state index in [1.54, 1.807) is 9.58 Å². The van der Waals surface area contributed by atoms with Gasteiger partial charge in [0.2, 0.25) is 5.91 Å². The molecule has 2 fully saturated rings. The van der Waals surface area contributed by atoms with Crippen LogP contribution in [0.25, 0.3) is 0 Å². The number of hydrogen-bond donors (Lipinski definition) is 3. The Bertz CT molecular complexity index is 1460. The third kappa shape index (κ3) is 4.70. The van der Waals surface area contributed by atoms with E-state index in [2.05, 4.69) is 15.6 Å². The first-order chi connectivity index (χ1) is 19.6. The fraction of sp³-hybridized carbons (Fsp3) is 0.467. The van der Waals surface area contributed by atoms with E-state index < -0.39 is 13.9 Å². The minimum atomic E-state index is -2.79. The van der Waals surface area contributed by atoms with Gasteiger partial charge in [-0.1, -0.05) is 42.5 Å². The minimum Gasteiger partial charge on any atom is -0.432 e. The topological polar surface area (TPSA) is 130 Å². The molecular formula is C30H37N5O5Si. The Kier molecular flexibility index (Phi) is 7.09. The number of carbonyl (C=O) groups excluding carboxylic acids is 2. The summed E-state index contributed by atoms with van der Waals surface area (Å²) in [4.78, 5) is 39.4. The van der Waals surface area contributed by atoms with Crippen LogP contribution in [0.5, 0.6) is 0 Å². The van der Waals surface area contributed by atoms with Crippen molar-refractivity contribution < 1.29 is 24.2 Å². The number of aromatic nitrogens is 3. The van der Waals surface area contributed by atoms with Crippen LogP contribution in [0.4, 0.5) is 11.4 Å². The molecular weight excluding hydrogens is 538 g/mol. The first-order valence-corrected chi connectivity index (χ1v) is 17.4. The molecule has 1 spiro atoms. The Hall–Kier alpha value is -3.38. The lowest BCUT2D eigenvalue weighted by molar-refractivity contribution is -0.143. The lowest BCUT2D eigenvalue weighted by atomic mass is 9.82. The molecule has 10 nitrogen and oxygen atoms in total. The van der Waals surface area contributed by atoms with Gasteiger partial charge in [0.25, 0.3) is 5.91 Å². The zero-order valence-electron chi connectivity index (χ0n) is 23.7. The standard InChI is InChI=1S/C30H37N5O5Si/c1-19-28(41(2,3)39)26(13-15-34-17-25(32-33-34)22(18-36)20-8-5-4-6-9-20)40-30(19)23-16-21(35-14-7-10-27(35)37)11-12-24(23)31-29(30)38/h4-6,8-9,11-12,16-17,19,22,26,28,36,39H,7,10,13-15,18H2,1-3H3,(H,31,38)/t19-,22?,26+,28-,30+/m1/s1. The van der Waals surface area contributed by atoms with E-state index in [9.17, 15) is 19.5 Å². The largest absolute Gasteiger partial charge is 0.432 e. The maximum Gasteiger partial charge on any atom is 0.261 e. The predicted octanol–water partition coefficient (Wildman–Crippen LogP) is 3.37. The summed E-state index contributed by atoms with van der Waals surface area (Å²) in [5.41, 5.74) is 2.36. The molecule has 3 N–H and O–H groups in total. The second kappa shape index (κ2) is 10.5. The van der Waals surface area contributed by atoms with Gasteiger partial charge in [-0.3, -0.25) is 14.3 Å². The molecule has 0 bridgehead atoms. The fourth-order valence-corrected chi connectivity index (χ4v) is 9.74. The first-order valence-electron chi connectivity index (χ1n) is 14.4. The summed E-state index contributed by atoms with van der Waals surface area (Å²) in [6.07, 6.45) is 3.32. The van der Waals surface area contributed by atoms with Crippen LogP contribution in [0, 0.1) is 5.92 Å². The summed E-state index contributed by atoms with van der Waals surface area (Å²) in [6.45, 7) is 6.85. The number of nitrogens with zero attached hydrogens (tertiary/aromatic N) is 4. The molecule has 0 aliphatic carbocycles. The molecule has 3 aliphatic rings. The van der Waals surface area contributed by atoms with Crippen molar-refractivity contribution in [3.63, 3.8) is 0 Å².